The Balaban J connectivity index is 1.49. The lowest BCUT2D eigenvalue weighted by atomic mass is 9.57. The third kappa shape index (κ3) is 5.99. The van der Waals surface area contributed by atoms with Crippen LogP contribution in [0, 0.1) is 11.8 Å². The first-order valence-corrected chi connectivity index (χ1v) is 14.4. The number of rotatable bonds is 10. The van der Waals surface area contributed by atoms with E-state index in [0.717, 1.165) is 25.7 Å². The van der Waals surface area contributed by atoms with Gasteiger partial charge in [0, 0.05) is 0 Å². The van der Waals surface area contributed by atoms with E-state index in [0.29, 0.717) is 11.8 Å². The predicted molar refractivity (Wildman–Crippen MR) is 162 cm³/mol. The minimum atomic E-state index is 0.126. The summed E-state index contributed by atoms with van der Waals surface area (Å²) in [6.45, 7) is 0. The van der Waals surface area contributed by atoms with E-state index in [1.165, 1.54) is 35.1 Å². The van der Waals surface area contributed by atoms with E-state index in [4.69, 9.17) is 0 Å². The second-order valence-corrected chi connectivity index (χ2v) is 13.2. The molecule has 0 aromatic heterocycles. The van der Waals surface area contributed by atoms with Crippen molar-refractivity contribution in [3.05, 3.63) is 144 Å². The number of benzene rings is 4. The SMILES string of the molecule is PC(Cc1ccccc1)(Cc1ccccc1)C1CCC1C(P)(Cc1ccccc1)Cc1ccccc1. The first-order valence-electron chi connectivity index (χ1n) is 13.3. The maximum atomic E-state index is 3.40. The van der Waals surface area contributed by atoms with Gasteiger partial charge in [0.25, 0.3) is 0 Å². The van der Waals surface area contributed by atoms with Gasteiger partial charge in [-0.1, -0.05) is 121 Å². The van der Waals surface area contributed by atoms with E-state index in [1.54, 1.807) is 0 Å². The second kappa shape index (κ2) is 11.4. The summed E-state index contributed by atoms with van der Waals surface area (Å²) in [5.41, 5.74) is 5.76. The Morgan fingerprint density at radius 3 is 0.833 bits per heavy atom. The zero-order chi connectivity index (χ0) is 24.8. The molecule has 36 heavy (non-hydrogen) atoms. The molecule has 4 aromatic carbocycles. The zero-order valence-electron chi connectivity index (χ0n) is 21.1. The monoisotopic (exact) mass is 508 g/mol. The Hall–Kier alpha value is -2.26. The van der Waals surface area contributed by atoms with E-state index >= 15 is 0 Å². The normalized spacial score (nSPS) is 17.9. The van der Waals surface area contributed by atoms with Crippen LogP contribution >= 0.6 is 18.5 Å². The summed E-state index contributed by atoms with van der Waals surface area (Å²) in [6, 6.07) is 44.5. The van der Waals surface area contributed by atoms with Gasteiger partial charge in [0.2, 0.25) is 0 Å². The van der Waals surface area contributed by atoms with Gasteiger partial charge in [0.1, 0.15) is 0 Å². The summed E-state index contributed by atoms with van der Waals surface area (Å²) in [5, 5.41) is 0.252. The van der Waals surface area contributed by atoms with Gasteiger partial charge in [-0.3, -0.25) is 0 Å². The van der Waals surface area contributed by atoms with Crippen LogP contribution in [0.15, 0.2) is 121 Å². The van der Waals surface area contributed by atoms with Gasteiger partial charge in [-0.05, 0) is 82.9 Å². The van der Waals surface area contributed by atoms with Crippen molar-refractivity contribution in [2.75, 3.05) is 0 Å². The van der Waals surface area contributed by atoms with E-state index in [-0.39, 0.29) is 10.3 Å². The van der Waals surface area contributed by atoms with Crippen LogP contribution in [0.1, 0.15) is 35.1 Å². The van der Waals surface area contributed by atoms with Crippen molar-refractivity contribution >= 4 is 18.5 Å². The smallest absolute Gasteiger partial charge is 0.00386 e. The Kier molecular flexibility index (Phi) is 8.06. The molecule has 0 aliphatic heterocycles. The Labute approximate surface area is 222 Å². The molecule has 1 fully saturated rings. The molecule has 5 rings (SSSR count). The molecule has 1 aliphatic rings. The summed E-state index contributed by atoms with van der Waals surface area (Å²) in [6.07, 6.45) is 6.96. The minimum absolute atomic E-state index is 0.126. The standard InChI is InChI=1S/C34H38P2/c35-33(23-27-13-5-1-6-14-27,24-28-15-7-2-8-16-28)31-21-22-32(31)34(36,25-29-17-9-3-10-18-29)26-30-19-11-4-12-20-30/h1-20,31-32H,21-26,35-36H2. The topological polar surface area (TPSA) is 0 Å². The van der Waals surface area contributed by atoms with Gasteiger partial charge in [-0.25, -0.2) is 0 Å². The number of hydrogen-bond donors (Lipinski definition) is 0. The Morgan fingerprint density at radius 1 is 0.417 bits per heavy atom. The van der Waals surface area contributed by atoms with Crippen LogP contribution in [-0.4, -0.2) is 10.3 Å². The van der Waals surface area contributed by atoms with Crippen LogP contribution in [0.5, 0.6) is 0 Å². The van der Waals surface area contributed by atoms with Crippen LogP contribution < -0.4 is 0 Å². The highest BCUT2D eigenvalue weighted by molar-refractivity contribution is 7.19. The van der Waals surface area contributed by atoms with E-state index in [1.807, 2.05) is 0 Å². The molecule has 0 nitrogen and oxygen atoms in total. The lowest BCUT2D eigenvalue weighted by molar-refractivity contribution is 0.0819. The molecule has 4 unspecified atom stereocenters. The van der Waals surface area contributed by atoms with Gasteiger partial charge >= 0.3 is 0 Å². The third-order valence-electron chi connectivity index (χ3n) is 8.26. The highest BCUT2D eigenvalue weighted by atomic mass is 31.0. The lowest BCUT2D eigenvalue weighted by Crippen LogP contribution is -2.54. The molecule has 0 heterocycles. The molecule has 4 aromatic rings. The maximum Gasteiger partial charge on any atom is -0.00386 e. The first-order chi connectivity index (χ1) is 17.5. The molecule has 184 valence electrons. The van der Waals surface area contributed by atoms with Gasteiger partial charge in [0.15, 0.2) is 0 Å². The van der Waals surface area contributed by atoms with Crippen LogP contribution in [-0.2, 0) is 25.7 Å². The average molecular weight is 509 g/mol. The molecule has 2 heteroatoms. The fourth-order valence-corrected chi connectivity index (χ4v) is 8.17. The average Bonchev–Trinajstić information content (AvgIpc) is 2.85. The van der Waals surface area contributed by atoms with Crippen molar-refractivity contribution in [3.8, 4) is 0 Å². The van der Waals surface area contributed by atoms with Crippen LogP contribution in [0.4, 0.5) is 0 Å². The highest BCUT2D eigenvalue weighted by Crippen LogP contribution is 2.57. The van der Waals surface area contributed by atoms with Gasteiger partial charge < -0.3 is 0 Å². The van der Waals surface area contributed by atoms with Gasteiger partial charge in [0.05, 0.1) is 0 Å². The molecule has 0 saturated heterocycles. The van der Waals surface area contributed by atoms with Crippen LogP contribution in [0.2, 0.25) is 0 Å². The maximum absolute atomic E-state index is 3.40. The molecule has 0 N–H and O–H groups in total. The number of hydrogen-bond acceptors (Lipinski definition) is 0. The van der Waals surface area contributed by atoms with Gasteiger partial charge in [-0.15, -0.1) is 18.5 Å². The van der Waals surface area contributed by atoms with Crippen molar-refractivity contribution in [3.63, 3.8) is 0 Å². The van der Waals surface area contributed by atoms with E-state index in [2.05, 4.69) is 140 Å². The van der Waals surface area contributed by atoms with E-state index < -0.39 is 0 Å². The van der Waals surface area contributed by atoms with E-state index in [9.17, 15) is 0 Å². The summed E-state index contributed by atoms with van der Waals surface area (Å²) in [5.74, 6) is 1.29. The summed E-state index contributed by atoms with van der Waals surface area (Å²) in [4.78, 5) is 0. The summed E-state index contributed by atoms with van der Waals surface area (Å²) < 4.78 is 0. The van der Waals surface area contributed by atoms with Gasteiger partial charge in [-0.2, -0.15) is 0 Å². The summed E-state index contributed by atoms with van der Waals surface area (Å²) >= 11 is 0. The molecule has 1 saturated carbocycles. The van der Waals surface area contributed by atoms with Crippen molar-refractivity contribution in [2.45, 2.75) is 48.8 Å². The zero-order valence-corrected chi connectivity index (χ0v) is 23.4. The molecular formula is C34H38P2. The second-order valence-electron chi connectivity index (χ2n) is 10.9. The molecule has 0 spiro atoms. The minimum Gasteiger partial charge on any atom is -0.130 e. The Bertz CT molecular complexity index is 1020. The third-order valence-corrected chi connectivity index (χ3v) is 9.93. The molecule has 0 amide bonds. The largest absolute Gasteiger partial charge is 0.130 e. The Morgan fingerprint density at radius 2 is 0.639 bits per heavy atom. The molecule has 1 aliphatic carbocycles. The summed E-state index contributed by atoms with van der Waals surface area (Å²) in [7, 11) is 6.79. The van der Waals surface area contributed by atoms with Crippen molar-refractivity contribution in [1.29, 1.82) is 0 Å². The first kappa shape index (κ1) is 25.4. The molecule has 0 bridgehead atoms. The van der Waals surface area contributed by atoms with Crippen molar-refractivity contribution in [2.24, 2.45) is 11.8 Å². The molecule has 0 radical (unpaired) electrons. The molecular weight excluding hydrogens is 470 g/mol. The quantitative estimate of drug-likeness (QED) is 0.189. The highest BCUT2D eigenvalue weighted by Gasteiger charge is 2.51. The van der Waals surface area contributed by atoms with Crippen molar-refractivity contribution in [1.82, 2.24) is 0 Å². The van der Waals surface area contributed by atoms with Crippen molar-refractivity contribution < 1.29 is 0 Å². The predicted octanol–water partition coefficient (Wildman–Crippen LogP) is 8.21. The van der Waals surface area contributed by atoms with Crippen LogP contribution in [0.3, 0.4) is 0 Å². The van der Waals surface area contributed by atoms with Crippen LogP contribution in [0.25, 0.3) is 0 Å². The lowest BCUT2D eigenvalue weighted by Gasteiger charge is -2.56. The molecule has 4 atom stereocenters. The fourth-order valence-electron chi connectivity index (χ4n) is 6.43. The fraction of sp³-hybridized carbons (Fsp3) is 0.294.